The highest BCUT2D eigenvalue weighted by molar-refractivity contribution is 5.92. The van der Waals surface area contributed by atoms with Crippen LogP contribution in [0.5, 0.6) is 0 Å². The Hall–Kier alpha value is -2.17. The predicted molar refractivity (Wildman–Crippen MR) is 92.5 cm³/mol. The van der Waals surface area contributed by atoms with Gasteiger partial charge in [0.1, 0.15) is 5.69 Å². The molecule has 0 saturated heterocycles. The quantitative estimate of drug-likeness (QED) is 0.785. The molecule has 0 spiro atoms. The maximum atomic E-state index is 12.2. The first-order valence-electron chi connectivity index (χ1n) is 8.47. The molecule has 0 saturated carbocycles. The number of nitrogens with one attached hydrogen (secondary N) is 1. The number of carboxylic acid groups (broad SMARTS) is 1. The third kappa shape index (κ3) is 4.66. The lowest BCUT2D eigenvalue weighted by Gasteiger charge is -2.36. The summed E-state index contributed by atoms with van der Waals surface area (Å²) in [5.41, 5.74) is 1.53. The molecule has 1 aromatic heterocycles. The van der Waals surface area contributed by atoms with E-state index in [1.807, 2.05) is 6.92 Å². The zero-order valence-corrected chi connectivity index (χ0v) is 14.5. The Morgan fingerprint density at radius 1 is 1.38 bits per heavy atom. The van der Waals surface area contributed by atoms with E-state index in [1.165, 1.54) is 0 Å². The monoisotopic (exact) mass is 330 g/mol. The fraction of sp³-hybridized carbons (Fsp3) is 0.526. The molecule has 5 nitrogen and oxygen atoms in total. The number of pyridine rings is 1. The number of aromatic nitrogens is 1. The van der Waals surface area contributed by atoms with Crippen LogP contribution in [-0.4, -0.2) is 28.5 Å². The molecule has 0 fully saturated rings. The van der Waals surface area contributed by atoms with E-state index in [4.69, 9.17) is 5.11 Å². The molecule has 1 aliphatic rings. The minimum absolute atomic E-state index is 0.0950. The van der Waals surface area contributed by atoms with Gasteiger partial charge in [-0.05, 0) is 49.1 Å². The van der Waals surface area contributed by atoms with Crippen molar-refractivity contribution in [2.45, 2.75) is 33.6 Å². The fourth-order valence-electron chi connectivity index (χ4n) is 3.52. The Kier molecular flexibility index (Phi) is 6.12. The van der Waals surface area contributed by atoms with E-state index < -0.39 is 5.97 Å². The summed E-state index contributed by atoms with van der Waals surface area (Å²) in [5.74, 6) is 0.193. The highest BCUT2D eigenvalue weighted by atomic mass is 16.4. The summed E-state index contributed by atoms with van der Waals surface area (Å²) in [7, 11) is 0. The van der Waals surface area contributed by atoms with Crippen molar-refractivity contribution in [2.24, 2.45) is 23.7 Å². The van der Waals surface area contributed by atoms with Crippen LogP contribution in [0.1, 0.15) is 44.1 Å². The van der Waals surface area contributed by atoms with Crippen LogP contribution in [0.2, 0.25) is 0 Å². The van der Waals surface area contributed by atoms with Crippen molar-refractivity contribution in [1.82, 2.24) is 10.3 Å². The molecule has 0 bridgehead atoms. The molecule has 1 aromatic rings. The Bertz CT molecular complexity index is 610. The maximum absolute atomic E-state index is 12.2. The van der Waals surface area contributed by atoms with Crippen molar-refractivity contribution in [2.75, 3.05) is 6.54 Å². The largest absolute Gasteiger partial charge is 0.481 e. The minimum atomic E-state index is -0.753. The van der Waals surface area contributed by atoms with Crippen LogP contribution in [0.25, 0.3) is 0 Å². The van der Waals surface area contributed by atoms with Crippen molar-refractivity contribution >= 4 is 11.9 Å². The second-order valence-electron chi connectivity index (χ2n) is 6.94. The van der Waals surface area contributed by atoms with Gasteiger partial charge in [0, 0.05) is 12.7 Å². The lowest BCUT2D eigenvalue weighted by atomic mass is 9.70. The van der Waals surface area contributed by atoms with Gasteiger partial charge < -0.3 is 10.4 Å². The van der Waals surface area contributed by atoms with Crippen LogP contribution in [0.15, 0.2) is 36.0 Å². The third-order valence-corrected chi connectivity index (χ3v) is 4.90. The van der Waals surface area contributed by atoms with Gasteiger partial charge in [-0.1, -0.05) is 31.6 Å². The van der Waals surface area contributed by atoms with Crippen molar-refractivity contribution in [3.63, 3.8) is 0 Å². The van der Waals surface area contributed by atoms with Crippen LogP contribution < -0.4 is 5.32 Å². The van der Waals surface area contributed by atoms with Gasteiger partial charge in [0.2, 0.25) is 0 Å². The third-order valence-electron chi connectivity index (χ3n) is 4.90. The number of aliphatic carboxylic acids is 1. The molecule has 0 radical (unpaired) electrons. The summed E-state index contributed by atoms with van der Waals surface area (Å²) >= 11 is 0. The van der Waals surface area contributed by atoms with Gasteiger partial charge in [-0.25, -0.2) is 0 Å². The molecule has 2 rings (SSSR count). The number of allylic oxidation sites excluding steroid dienone is 1. The molecule has 5 heteroatoms. The van der Waals surface area contributed by atoms with E-state index in [0.717, 1.165) is 12.0 Å². The molecule has 24 heavy (non-hydrogen) atoms. The van der Waals surface area contributed by atoms with E-state index in [0.29, 0.717) is 24.1 Å². The molecule has 0 aliphatic heterocycles. The Morgan fingerprint density at radius 3 is 2.71 bits per heavy atom. The van der Waals surface area contributed by atoms with Crippen LogP contribution >= 0.6 is 0 Å². The Morgan fingerprint density at radius 2 is 2.12 bits per heavy atom. The molecule has 1 heterocycles. The summed E-state index contributed by atoms with van der Waals surface area (Å²) in [6.45, 7) is 6.86. The zero-order valence-electron chi connectivity index (χ0n) is 14.5. The van der Waals surface area contributed by atoms with Gasteiger partial charge >= 0.3 is 5.97 Å². The number of hydrogen-bond donors (Lipinski definition) is 2. The van der Waals surface area contributed by atoms with Crippen LogP contribution in [0.4, 0.5) is 0 Å². The molecular formula is C19H26N2O3. The van der Waals surface area contributed by atoms with Gasteiger partial charge in [-0.2, -0.15) is 0 Å². The molecule has 3 unspecified atom stereocenters. The van der Waals surface area contributed by atoms with E-state index in [1.54, 1.807) is 24.4 Å². The second kappa shape index (κ2) is 8.08. The van der Waals surface area contributed by atoms with E-state index >= 15 is 0 Å². The number of carboxylic acids is 1. The number of hydrogen-bond acceptors (Lipinski definition) is 3. The van der Waals surface area contributed by atoms with Crippen LogP contribution in [0.3, 0.4) is 0 Å². The SMILES string of the molecule is CC1=CC(CNC(=O)c2ccccn2)C(C(C)C)CC1CC(=O)O. The molecule has 0 aromatic carbocycles. The number of amides is 1. The molecule has 1 aliphatic carbocycles. The first kappa shape index (κ1) is 18.2. The van der Waals surface area contributed by atoms with Gasteiger partial charge in [0.25, 0.3) is 5.91 Å². The topological polar surface area (TPSA) is 79.3 Å². The average molecular weight is 330 g/mol. The highest BCUT2D eigenvalue weighted by Gasteiger charge is 2.32. The lowest BCUT2D eigenvalue weighted by Crippen LogP contribution is -2.37. The van der Waals surface area contributed by atoms with Gasteiger partial charge in [0.15, 0.2) is 0 Å². The molecular weight excluding hydrogens is 304 g/mol. The van der Waals surface area contributed by atoms with E-state index in [9.17, 15) is 9.59 Å². The summed E-state index contributed by atoms with van der Waals surface area (Å²) in [6, 6.07) is 5.27. The number of carbonyl (C=O) groups excluding carboxylic acids is 1. The van der Waals surface area contributed by atoms with Gasteiger partial charge in [-0.3, -0.25) is 14.6 Å². The normalized spacial score (nSPS) is 23.7. The van der Waals surface area contributed by atoms with Crippen molar-refractivity contribution < 1.29 is 14.7 Å². The predicted octanol–water partition coefficient (Wildman–Crippen LogP) is 3.14. The highest BCUT2D eigenvalue weighted by Crippen LogP contribution is 2.38. The summed E-state index contributed by atoms with van der Waals surface area (Å²) < 4.78 is 0. The maximum Gasteiger partial charge on any atom is 0.303 e. The summed E-state index contributed by atoms with van der Waals surface area (Å²) in [4.78, 5) is 27.3. The summed E-state index contributed by atoms with van der Waals surface area (Å²) in [5, 5.41) is 12.1. The van der Waals surface area contributed by atoms with Gasteiger partial charge in [-0.15, -0.1) is 0 Å². The van der Waals surface area contributed by atoms with E-state index in [2.05, 4.69) is 30.2 Å². The molecule has 1 amide bonds. The fourth-order valence-corrected chi connectivity index (χ4v) is 3.52. The molecule has 2 N–H and O–H groups in total. The Labute approximate surface area is 143 Å². The smallest absolute Gasteiger partial charge is 0.303 e. The number of rotatable bonds is 6. The Balaban J connectivity index is 2.05. The second-order valence-corrected chi connectivity index (χ2v) is 6.94. The molecule has 130 valence electrons. The van der Waals surface area contributed by atoms with Gasteiger partial charge in [0.05, 0.1) is 6.42 Å². The zero-order chi connectivity index (χ0) is 17.7. The number of nitrogens with zero attached hydrogens (tertiary/aromatic N) is 1. The van der Waals surface area contributed by atoms with Crippen molar-refractivity contribution in [3.8, 4) is 0 Å². The first-order chi connectivity index (χ1) is 11.4. The standard InChI is InChI=1S/C19H26N2O3/c1-12(2)16-9-14(10-18(22)23)13(3)8-15(16)11-21-19(24)17-6-4-5-7-20-17/h4-8,12,14-16H,9-11H2,1-3H3,(H,21,24)(H,22,23). The van der Waals surface area contributed by atoms with Crippen LogP contribution in [0, 0.1) is 23.7 Å². The average Bonchev–Trinajstić information content (AvgIpc) is 2.54. The van der Waals surface area contributed by atoms with Crippen LogP contribution in [-0.2, 0) is 4.79 Å². The molecule has 3 atom stereocenters. The first-order valence-corrected chi connectivity index (χ1v) is 8.47. The van der Waals surface area contributed by atoms with Crippen molar-refractivity contribution in [1.29, 1.82) is 0 Å². The number of carbonyl (C=O) groups is 2. The lowest BCUT2D eigenvalue weighted by molar-refractivity contribution is -0.138. The summed E-state index contributed by atoms with van der Waals surface area (Å²) in [6.07, 6.45) is 4.79. The minimum Gasteiger partial charge on any atom is -0.481 e. The van der Waals surface area contributed by atoms with Crippen molar-refractivity contribution in [3.05, 3.63) is 41.7 Å². The van der Waals surface area contributed by atoms with E-state index in [-0.39, 0.29) is 24.2 Å².